The highest BCUT2D eigenvalue weighted by Crippen LogP contribution is 2.27. The molecule has 2 heterocycles. The molecule has 0 fully saturated rings. The predicted octanol–water partition coefficient (Wildman–Crippen LogP) is 2.57. The Morgan fingerprint density at radius 2 is 2.04 bits per heavy atom. The van der Waals surface area contributed by atoms with E-state index < -0.39 is 0 Å². The lowest BCUT2D eigenvalue weighted by atomic mass is 10.0. The van der Waals surface area contributed by atoms with E-state index in [9.17, 15) is 4.79 Å². The Hall–Kier alpha value is -2.82. The van der Waals surface area contributed by atoms with Crippen molar-refractivity contribution in [1.82, 2.24) is 10.3 Å². The lowest BCUT2D eigenvalue weighted by Gasteiger charge is -2.16. The SMILES string of the molecule is COc1ccc(COc2ncccc2C2=CC(=O)NCC2)cc1. The number of ether oxygens (including phenoxy) is 2. The highest BCUT2D eigenvalue weighted by Gasteiger charge is 2.15. The van der Waals surface area contributed by atoms with Crippen LogP contribution in [0, 0.1) is 0 Å². The van der Waals surface area contributed by atoms with Gasteiger partial charge in [-0.3, -0.25) is 4.79 Å². The van der Waals surface area contributed by atoms with Gasteiger partial charge in [0.05, 0.1) is 7.11 Å². The first-order chi connectivity index (χ1) is 11.3. The van der Waals surface area contributed by atoms with Gasteiger partial charge in [0.15, 0.2) is 0 Å². The van der Waals surface area contributed by atoms with Gasteiger partial charge in [-0.1, -0.05) is 12.1 Å². The summed E-state index contributed by atoms with van der Waals surface area (Å²) >= 11 is 0. The van der Waals surface area contributed by atoms with Crippen LogP contribution in [0.2, 0.25) is 0 Å². The highest BCUT2D eigenvalue weighted by atomic mass is 16.5. The zero-order chi connectivity index (χ0) is 16.1. The molecule has 0 aliphatic carbocycles. The number of rotatable bonds is 5. The average molecular weight is 310 g/mol. The fourth-order valence-electron chi connectivity index (χ4n) is 2.44. The molecule has 1 aliphatic heterocycles. The molecule has 0 saturated carbocycles. The maximum absolute atomic E-state index is 11.5. The van der Waals surface area contributed by atoms with Crippen molar-refractivity contribution in [3.63, 3.8) is 0 Å². The van der Waals surface area contributed by atoms with Crippen LogP contribution in [0.3, 0.4) is 0 Å². The van der Waals surface area contributed by atoms with Crippen molar-refractivity contribution >= 4 is 11.5 Å². The minimum Gasteiger partial charge on any atom is -0.497 e. The van der Waals surface area contributed by atoms with Gasteiger partial charge >= 0.3 is 0 Å². The molecule has 23 heavy (non-hydrogen) atoms. The van der Waals surface area contributed by atoms with Crippen LogP contribution in [0.4, 0.5) is 0 Å². The third-order valence-electron chi connectivity index (χ3n) is 3.65. The summed E-state index contributed by atoms with van der Waals surface area (Å²) < 4.78 is 11.0. The maximum Gasteiger partial charge on any atom is 0.244 e. The highest BCUT2D eigenvalue weighted by molar-refractivity contribution is 5.97. The first kappa shape index (κ1) is 15.1. The summed E-state index contributed by atoms with van der Waals surface area (Å²) in [5.74, 6) is 1.28. The summed E-state index contributed by atoms with van der Waals surface area (Å²) in [6.45, 7) is 1.05. The van der Waals surface area contributed by atoms with Gasteiger partial charge in [-0.15, -0.1) is 0 Å². The quantitative estimate of drug-likeness (QED) is 0.922. The van der Waals surface area contributed by atoms with E-state index in [1.165, 1.54) is 0 Å². The number of nitrogens with one attached hydrogen (secondary N) is 1. The van der Waals surface area contributed by atoms with Crippen molar-refractivity contribution in [3.05, 3.63) is 59.8 Å². The maximum atomic E-state index is 11.5. The summed E-state index contributed by atoms with van der Waals surface area (Å²) in [6.07, 6.45) is 4.08. The first-order valence-corrected chi connectivity index (χ1v) is 7.46. The molecule has 0 unspecified atom stereocenters. The number of benzene rings is 1. The van der Waals surface area contributed by atoms with Crippen LogP contribution in [0.15, 0.2) is 48.7 Å². The number of nitrogens with zero attached hydrogens (tertiary/aromatic N) is 1. The van der Waals surface area contributed by atoms with Crippen LogP contribution < -0.4 is 14.8 Å². The van der Waals surface area contributed by atoms with Crippen molar-refractivity contribution < 1.29 is 14.3 Å². The van der Waals surface area contributed by atoms with Crippen LogP contribution in [0.25, 0.3) is 5.57 Å². The topological polar surface area (TPSA) is 60.5 Å². The molecule has 2 aromatic rings. The van der Waals surface area contributed by atoms with Crippen molar-refractivity contribution in [2.24, 2.45) is 0 Å². The number of carbonyl (C=O) groups is 1. The molecule has 1 N–H and O–H groups in total. The minimum atomic E-state index is -0.0730. The zero-order valence-electron chi connectivity index (χ0n) is 12.9. The molecule has 0 bridgehead atoms. The molecule has 5 heteroatoms. The third-order valence-corrected chi connectivity index (χ3v) is 3.65. The van der Waals surface area contributed by atoms with Crippen molar-refractivity contribution in [1.29, 1.82) is 0 Å². The monoisotopic (exact) mass is 310 g/mol. The molecule has 1 aromatic carbocycles. The van der Waals surface area contributed by atoms with Gasteiger partial charge in [0.1, 0.15) is 12.4 Å². The van der Waals surface area contributed by atoms with Crippen molar-refractivity contribution in [3.8, 4) is 11.6 Å². The van der Waals surface area contributed by atoms with Crippen molar-refractivity contribution in [2.75, 3.05) is 13.7 Å². The van der Waals surface area contributed by atoms with E-state index in [0.29, 0.717) is 19.0 Å². The Morgan fingerprint density at radius 3 is 2.78 bits per heavy atom. The van der Waals surface area contributed by atoms with E-state index in [2.05, 4.69) is 10.3 Å². The smallest absolute Gasteiger partial charge is 0.244 e. The Labute approximate surface area is 135 Å². The molecule has 1 aliphatic rings. The Kier molecular flexibility index (Phi) is 4.57. The Balaban J connectivity index is 1.76. The first-order valence-electron chi connectivity index (χ1n) is 7.46. The second-order valence-corrected chi connectivity index (χ2v) is 5.20. The van der Waals surface area contributed by atoms with Crippen LogP contribution >= 0.6 is 0 Å². The number of hydrogen-bond donors (Lipinski definition) is 1. The molecule has 1 amide bonds. The molecule has 118 valence electrons. The molecule has 0 saturated heterocycles. The molecule has 0 radical (unpaired) electrons. The van der Waals surface area contributed by atoms with E-state index in [1.807, 2.05) is 36.4 Å². The molecule has 0 spiro atoms. The summed E-state index contributed by atoms with van der Waals surface area (Å²) in [5.41, 5.74) is 2.85. The van der Waals surface area contributed by atoms with E-state index in [0.717, 1.165) is 28.9 Å². The van der Waals surface area contributed by atoms with E-state index in [-0.39, 0.29) is 5.91 Å². The fraction of sp³-hybridized carbons (Fsp3) is 0.222. The predicted molar refractivity (Wildman–Crippen MR) is 87.2 cm³/mol. The number of hydrogen-bond acceptors (Lipinski definition) is 4. The van der Waals surface area contributed by atoms with Gasteiger partial charge in [-0.2, -0.15) is 0 Å². The number of methoxy groups -OCH3 is 1. The number of amides is 1. The number of pyridine rings is 1. The Bertz CT molecular complexity index is 723. The van der Waals surface area contributed by atoms with Gasteiger partial charge in [0.25, 0.3) is 0 Å². The van der Waals surface area contributed by atoms with Crippen LogP contribution in [0.1, 0.15) is 17.5 Å². The van der Waals surface area contributed by atoms with Gasteiger partial charge in [-0.05, 0) is 41.8 Å². The molecular weight excluding hydrogens is 292 g/mol. The summed E-state index contributed by atoms with van der Waals surface area (Å²) in [4.78, 5) is 15.8. The zero-order valence-corrected chi connectivity index (χ0v) is 12.9. The van der Waals surface area contributed by atoms with E-state index in [1.54, 1.807) is 19.4 Å². The van der Waals surface area contributed by atoms with Gasteiger partial charge < -0.3 is 14.8 Å². The largest absolute Gasteiger partial charge is 0.497 e. The van der Waals surface area contributed by atoms with Crippen LogP contribution in [0.5, 0.6) is 11.6 Å². The van der Waals surface area contributed by atoms with Crippen molar-refractivity contribution in [2.45, 2.75) is 13.0 Å². The molecule has 5 nitrogen and oxygen atoms in total. The molecule has 0 atom stereocenters. The van der Waals surface area contributed by atoms with E-state index >= 15 is 0 Å². The van der Waals surface area contributed by atoms with Gasteiger partial charge in [-0.25, -0.2) is 4.98 Å². The van der Waals surface area contributed by atoms with Gasteiger partial charge in [0, 0.05) is 24.4 Å². The molecule has 1 aromatic heterocycles. The minimum absolute atomic E-state index is 0.0730. The fourth-order valence-corrected chi connectivity index (χ4v) is 2.44. The van der Waals surface area contributed by atoms with E-state index in [4.69, 9.17) is 9.47 Å². The van der Waals surface area contributed by atoms with Crippen LogP contribution in [-0.2, 0) is 11.4 Å². The van der Waals surface area contributed by atoms with Crippen LogP contribution in [-0.4, -0.2) is 24.5 Å². The normalized spacial score (nSPS) is 14.0. The molecular formula is C18H18N2O3. The van der Waals surface area contributed by atoms with Gasteiger partial charge in [0.2, 0.25) is 11.8 Å². The summed E-state index contributed by atoms with van der Waals surface area (Å²) in [7, 11) is 1.64. The second-order valence-electron chi connectivity index (χ2n) is 5.20. The lowest BCUT2D eigenvalue weighted by molar-refractivity contribution is -0.116. The standard InChI is InChI=1S/C18H18N2O3/c1-22-15-6-4-13(5-7-15)12-23-18-16(3-2-9-20-18)14-8-10-19-17(21)11-14/h2-7,9,11H,8,10,12H2,1H3,(H,19,21). The Morgan fingerprint density at radius 1 is 1.22 bits per heavy atom. The number of aromatic nitrogens is 1. The molecule has 3 rings (SSSR count). The lowest BCUT2D eigenvalue weighted by Crippen LogP contribution is -2.26. The summed E-state index contributed by atoms with van der Waals surface area (Å²) in [6, 6.07) is 11.5. The summed E-state index contributed by atoms with van der Waals surface area (Å²) in [5, 5.41) is 2.78. The third kappa shape index (κ3) is 3.69. The number of carbonyl (C=O) groups excluding carboxylic acids is 1. The average Bonchev–Trinajstić information content (AvgIpc) is 2.60. The second kappa shape index (κ2) is 6.96.